The first-order valence-electron chi connectivity index (χ1n) is 6.22. The van der Waals surface area contributed by atoms with Gasteiger partial charge < -0.3 is 4.74 Å². The van der Waals surface area contributed by atoms with Crippen molar-refractivity contribution in [3.63, 3.8) is 0 Å². The number of anilines is 1. The highest BCUT2D eigenvalue weighted by Crippen LogP contribution is 2.28. The number of nitrogens with zero attached hydrogens (tertiary/aromatic N) is 1. The zero-order chi connectivity index (χ0) is 13.9. The fraction of sp³-hybridized carbons (Fsp3) is 0.0625. The van der Waals surface area contributed by atoms with E-state index in [1.165, 1.54) is 0 Å². The van der Waals surface area contributed by atoms with Crippen molar-refractivity contribution >= 4 is 29.5 Å². The van der Waals surface area contributed by atoms with Crippen LogP contribution >= 0.6 is 11.6 Å². The molecule has 4 heteroatoms. The number of hydrogen-bond donors (Lipinski definition) is 0. The highest BCUT2D eigenvalue weighted by molar-refractivity contribution is 6.30. The third kappa shape index (κ3) is 2.53. The Balaban J connectivity index is 1.97. The predicted octanol–water partition coefficient (Wildman–Crippen LogP) is 4.34. The van der Waals surface area contributed by atoms with Crippen LogP contribution in [0.15, 0.2) is 60.3 Å². The van der Waals surface area contributed by atoms with Gasteiger partial charge in [-0.05, 0) is 35.9 Å². The second-order valence-electron chi connectivity index (χ2n) is 4.41. The topological polar surface area (TPSA) is 29.5 Å². The lowest BCUT2D eigenvalue weighted by atomic mass is 10.2. The zero-order valence-electron chi connectivity index (χ0n) is 10.6. The molecule has 2 aromatic carbocycles. The summed E-state index contributed by atoms with van der Waals surface area (Å²) in [6, 6.07) is 16.9. The van der Waals surface area contributed by atoms with Gasteiger partial charge in [-0.15, -0.1) is 0 Å². The molecule has 2 aromatic rings. The normalized spacial score (nSPS) is 16.6. The van der Waals surface area contributed by atoms with E-state index in [9.17, 15) is 4.79 Å². The lowest BCUT2D eigenvalue weighted by Gasteiger charge is -2.14. The standard InChI is InChI=1S/C16H12ClNO2/c17-13-6-8-14(9-7-13)18-15(11-20-16(18)19)10-12-4-2-1-3-5-12/h1-10H,11H2/b15-10-. The Morgan fingerprint density at radius 3 is 2.45 bits per heavy atom. The molecule has 0 unspecified atom stereocenters. The molecule has 3 rings (SSSR count). The number of amides is 1. The van der Waals surface area contributed by atoms with Gasteiger partial charge >= 0.3 is 6.09 Å². The molecule has 0 atom stereocenters. The molecule has 3 nitrogen and oxygen atoms in total. The van der Waals surface area contributed by atoms with Crippen LogP contribution in [0.1, 0.15) is 5.56 Å². The minimum Gasteiger partial charge on any atom is -0.442 e. The Morgan fingerprint density at radius 2 is 1.75 bits per heavy atom. The third-order valence-electron chi connectivity index (χ3n) is 3.03. The van der Waals surface area contributed by atoms with Crippen LogP contribution in [0, 0.1) is 0 Å². The Hall–Kier alpha value is -2.26. The Labute approximate surface area is 122 Å². The maximum absolute atomic E-state index is 11.9. The molecule has 0 radical (unpaired) electrons. The van der Waals surface area contributed by atoms with Crippen molar-refractivity contribution in [1.82, 2.24) is 0 Å². The van der Waals surface area contributed by atoms with Gasteiger partial charge in [0, 0.05) is 5.02 Å². The van der Waals surface area contributed by atoms with E-state index in [0.29, 0.717) is 5.02 Å². The number of cyclic esters (lactones) is 1. The quantitative estimate of drug-likeness (QED) is 0.821. The summed E-state index contributed by atoms with van der Waals surface area (Å²) in [6.45, 7) is 0.274. The second-order valence-corrected chi connectivity index (χ2v) is 4.85. The van der Waals surface area contributed by atoms with E-state index in [4.69, 9.17) is 16.3 Å². The lowest BCUT2D eigenvalue weighted by Crippen LogP contribution is -2.21. The molecular weight excluding hydrogens is 274 g/mol. The maximum Gasteiger partial charge on any atom is 0.419 e. The van der Waals surface area contributed by atoms with Crippen molar-refractivity contribution in [2.45, 2.75) is 0 Å². The van der Waals surface area contributed by atoms with Crippen molar-refractivity contribution in [3.8, 4) is 0 Å². The average Bonchev–Trinajstić information content (AvgIpc) is 2.82. The first-order chi connectivity index (χ1) is 9.74. The molecule has 0 bridgehead atoms. The highest BCUT2D eigenvalue weighted by Gasteiger charge is 2.28. The molecule has 0 saturated carbocycles. The van der Waals surface area contributed by atoms with Gasteiger partial charge in [0.2, 0.25) is 0 Å². The molecule has 100 valence electrons. The maximum atomic E-state index is 11.9. The van der Waals surface area contributed by atoms with Gasteiger partial charge in [0.15, 0.2) is 0 Å². The summed E-state index contributed by atoms with van der Waals surface area (Å²) in [7, 11) is 0. The smallest absolute Gasteiger partial charge is 0.419 e. The van der Waals surface area contributed by atoms with E-state index in [1.54, 1.807) is 29.2 Å². The summed E-state index contributed by atoms with van der Waals surface area (Å²) in [5, 5.41) is 0.634. The number of halogens is 1. The molecule has 0 aromatic heterocycles. The Morgan fingerprint density at radius 1 is 1.05 bits per heavy atom. The van der Waals surface area contributed by atoms with Crippen LogP contribution in [-0.4, -0.2) is 12.7 Å². The molecule has 1 saturated heterocycles. The summed E-state index contributed by atoms with van der Waals surface area (Å²) < 4.78 is 5.12. The third-order valence-corrected chi connectivity index (χ3v) is 3.28. The molecule has 1 aliphatic rings. The van der Waals surface area contributed by atoms with Gasteiger partial charge in [0.25, 0.3) is 0 Å². The molecule has 0 aliphatic carbocycles. The minimum atomic E-state index is -0.366. The van der Waals surface area contributed by atoms with Crippen molar-refractivity contribution in [2.24, 2.45) is 0 Å². The molecule has 0 N–H and O–H groups in total. The molecule has 1 aliphatic heterocycles. The molecule has 1 fully saturated rings. The summed E-state index contributed by atoms with van der Waals surface area (Å²) in [6.07, 6.45) is 1.58. The van der Waals surface area contributed by atoms with Gasteiger partial charge in [-0.1, -0.05) is 41.9 Å². The van der Waals surface area contributed by atoms with Crippen LogP contribution in [0.3, 0.4) is 0 Å². The van der Waals surface area contributed by atoms with Crippen molar-refractivity contribution < 1.29 is 9.53 Å². The SMILES string of the molecule is O=C1OC/C(=C/c2ccccc2)N1c1ccc(Cl)cc1. The predicted molar refractivity (Wildman–Crippen MR) is 79.7 cm³/mol. The van der Waals surface area contributed by atoms with Gasteiger partial charge in [0.1, 0.15) is 6.61 Å². The van der Waals surface area contributed by atoms with Crippen LogP contribution in [0.5, 0.6) is 0 Å². The first kappa shape index (κ1) is 12.8. The van der Waals surface area contributed by atoms with Gasteiger partial charge in [-0.2, -0.15) is 0 Å². The minimum absolute atomic E-state index is 0.274. The van der Waals surface area contributed by atoms with E-state index in [2.05, 4.69) is 0 Å². The number of ether oxygens (including phenoxy) is 1. The molecule has 20 heavy (non-hydrogen) atoms. The van der Waals surface area contributed by atoms with Gasteiger partial charge in [-0.25, -0.2) is 9.69 Å². The lowest BCUT2D eigenvalue weighted by molar-refractivity contribution is 0.182. The fourth-order valence-electron chi connectivity index (χ4n) is 2.09. The second kappa shape index (κ2) is 5.39. The summed E-state index contributed by atoms with van der Waals surface area (Å²) in [4.78, 5) is 13.4. The first-order valence-corrected chi connectivity index (χ1v) is 6.60. The summed E-state index contributed by atoms with van der Waals surface area (Å²) in [5.41, 5.74) is 2.59. The van der Waals surface area contributed by atoms with Crippen LogP contribution in [0.4, 0.5) is 10.5 Å². The van der Waals surface area contributed by atoms with Crippen molar-refractivity contribution in [1.29, 1.82) is 0 Å². The Bertz CT molecular complexity index is 650. The molecule has 0 spiro atoms. The van der Waals surface area contributed by atoms with E-state index in [-0.39, 0.29) is 12.7 Å². The van der Waals surface area contributed by atoms with Crippen LogP contribution < -0.4 is 4.90 Å². The van der Waals surface area contributed by atoms with E-state index in [0.717, 1.165) is 16.9 Å². The largest absolute Gasteiger partial charge is 0.442 e. The Kier molecular flexibility index (Phi) is 3.44. The summed E-state index contributed by atoms with van der Waals surface area (Å²) >= 11 is 5.87. The van der Waals surface area contributed by atoms with Crippen molar-refractivity contribution in [3.05, 3.63) is 70.9 Å². The van der Waals surface area contributed by atoms with Gasteiger partial charge in [-0.3, -0.25) is 0 Å². The zero-order valence-corrected chi connectivity index (χ0v) is 11.4. The van der Waals surface area contributed by atoms with Gasteiger partial charge in [0.05, 0.1) is 11.4 Å². The van der Waals surface area contributed by atoms with Crippen molar-refractivity contribution in [2.75, 3.05) is 11.5 Å². The van der Waals surface area contributed by atoms with E-state index >= 15 is 0 Å². The molecule has 1 heterocycles. The van der Waals surface area contributed by atoms with Crippen LogP contribution in [-0.2, 0) is 4.74 Å². The number of hydrogen-bond acceptors (Lipinski definition) is 2. The molecule has 1 amide bonds. The highest BCUT2D eigenvalue weighted by atomic mass is 35.5. The van der Waals surface area contributed by atoms with E-state index in [1.807, 2.05) is 36.4 Å². The van der Waals surface area contributed by atoms with E-state index < -0.39 is 0 Å². The van der Waals surface area contributed by atoms with Crippen LogP contribution in [0.2, 0.25) is 5.02 Å². The molecular formula is C16H12ClNO2. The average molecular weight is 286 g/mol. The monoisotopic (exact) mass is 285 g/mol. The summed E-state index contributed by atoms with van der Waals surface area (Å²) in [5.74, 6) is 0. The van der Waals surface area contributed by atoms with Crippen LogP contribution in [0.25, 0.3) is 6.08 Å². The number of rotatable bonds is 2. The number of carbonyl (C=O) groups excluding carboxylic acids is 1. The number of carbonyl (C=O) groups is 1. The fourth-order valence-corrected chi connectivity index (χ4v) is 2.22. The number of benzene rings is 2.